The SMILES string of the molecule is CNc1c(C)c(C)nc2c(COC)cccc12. The van der Waals surface area contributed by atoms with Crippen LogP contribution in [0.5, 0.6) is 0 Å². The molecule has 0 radical (unpaired) electrons. The van der Waals surface area contributed by atoms with Gasteiger partial charge in [0.25, 0.3) is 0 Å². The second-order valence-corrected chi connectivity index (χ2v) is 4.19. The van der Waals surface area contributed by atoms with Crippen LogP contribution in [0.2, 0.25) is 0 Å². The number of hydrogen-bond acceptors (Lipinski definition) is 3. The Kier molecular flexibility index (Phi) is 3.29. The van der Waals surface area contributed by atoms with Crippen LogP contribution in [-0.4, -0.2) is 19.1 Å². The van der Waals surface area contributed by atoms with E-state index in [4.69, 9.17) is 4.74 Å². The standard InChI is InChI=1S/C14H18N2O/c1-9-10(2)16-14-11(8-17-4)6-5-7-12(14)13(9)15-3/h5-7H,8H2,1-4H3,(H,15,16). The van der Waals surface area contributed by atoms with Crippen molar-refractivity contribution in [2.75, 3.05) is 19.5 Å². The first kappa shape index (κ1) is 11.9. The van der Waals surface area contributed by atoms with Gasteiger partial charge >= 0.3 is 0 Å². The summed E-state index contributed by atoms with van der Waals surface area (Å²) >= 11 is 0. The molecule has 1 aromatic carbocycles. The van der Waals surface area contributed by atoms with E-state index in [1.807, 2.05) is 20.0 Å². The van der Waals surface area contributed by atoms with Crippen molar-refractivity contribution in [3.05, 3.63) is 35.0 Å². The van der Waals surface area contributed by atoms with Crippen LogP contribution in [0.3, 0.4) is 0 Å². The fraction of sp³-hybridized carbons (Fsp3) is 0.357. The zero-order valence-corrected chi connectivity index (χ0v) is 10.8. The Morgan fingerprint density at radius 3 is 2.71 bits per heavy atom. The molecule has 0 atom stereocenters. The molecule has 0 saturated carbocycles. The summed E-state index contributed by atoms with van der Waals surface area (Å²) in [6, 6.07) is 6.21. The number of hydrogen-bond donors (Lipinski definition) is 1. The Hall–Kier alpha value is -1.61. The van der Waals surface area contributed by atoms with Gasteiger partial charge in [-0.25, -0.2) is 0 Å². The molecule has 3 nitrogen and oxygen atoms in total. The van der Waals surface area contributed by atoms with Crippen LogP contribution in [0.15, 0.2) is 18.2 Å². The summed E-state index contributed by atoms with van der Waals surface area (Å²) in [7, 11) is 3.66. The highest BCUT2D eigenvalue weighted by Crippen LogP contribution is 2.29. The van der Waals surface area contributed by atoms with E-state index in [2.05, 4.69) is 29.4 Å². The second kappa shape index (κ2) is 4.72. The van der Waals surface area contributed by atoms with E-state index in [-0.39, 0.29) is 0 Å². The van der Waals surface area contributed by atoms with Gasteiger partial charge in [-0.3, -0.25) is 4.98 Å². The lowest BCUT2D eigenvalue weighted by Gasteiger charge is -2.14. The quantitative estimate of drug-likeness (QED) is 0.880. The van der Waals surface area contributed by atoms with Crippen molar-refractivity contribution in [1.82, 2.24) is 4.98 Å². The molecule has 3 heteroatoms. The minimum absolute atomic E-state index is 0.593. The predicted molar refractivity (Wildman–Crippen MR) is 71.5 cm³/mol. The van der Waals surface area contributed by atoms with Crippen molar-refractivity contribution >= 4 is 16.6 Å². The first-order chi connectivity index (χ1) is 8.19. The molecule has 1 N–H and O–H groups in total. The van der Waals surface area contributed by atoms with Gasteiger partial charge in [0, 0.05) is 36.5 Å². The predicted octanol–water partition coefficient (Wildman–Crippen LogP) is 3.04. The molecular formula is C14H18N2O. The Morgan fingerprint density at radius 2 is 2.06 bits per heavy atom. The van der Waals surface area contributed by atoms with Gasteiger partial charge in [-0.1, -0.05) is 18.2 Å². The average molecular weight is 230 g/mol. The average Bonchev–Trinajstić information content (AvgIpc) is 2.32. The molecule has 0 amide bonds. The van der Waals surface area contributed by atoms with Gasteiger partial charge in [0.2, 0.25) is 0 Å². The van der Waals surface area contributed by atoms with Gasteiger partial charge in [-0.05, 0) is 19.4 Å². The van der Waals surface area contributed by atoms with Crippen LogP contribution in [0.1, 0.15) is 16.8 Å². The zero-order chi connectivity index (χ0) is 12.4. The van der Waals surface area contributed by atoms with E-state index in [1.54, 1.807) is 7.11 Å². The molecule has 2 aromatic rings. The third-order valence-electron chi connectivity index (χ3n) is 3.14. The molecule has 17 heavy (non-hydrogen) atoms. The number of para-hydroxylation sites is 1. The number of methoxy groups -OCH3 is 1. The number of rotatable bonds is 3. The number of aryl methyl sites for hydroxylation is 1. The lowest BCUT2D eigenvalue weighted by Crippen LogP contribution is -2.01. The summed E-state index contributed by atoms with van der Waals surface area (Å²) in [6.07, 6.45) is 0. The molecule has 1 aromatic heterocycles. The van der Waals surface area contributed by atoms with Crippen molar-refractivity contribution in [3.8, 4) is 0 Å². The zero-order valence-electron chi connectivity index (χ0n) is 10.8. The fourth-order valence-corrected chi connectivity index (χ4v) is 2.15. The number of ether oxygens (including phenoxy) is 1. The summed E-state index contributed by atoms with van der Waals surface area (Å²) in [5, 5.41) is 4.43. The number of anilines is 1. The van der Waals surface area contributed by atoms with E-state index in [1.165, 1.54) is 5.56 Å². The first-order valence-electron chi connectivity index (χ1n) is 5.74. The van der Waals surface area contributed by atoms with Crippen molar-refractivity contribution in [1.29, 1.82) is 0 Å². The Bertz CT molecular complexity index is 549. The maximum absolute atomic E-state index is 5.22. The topological polar surface area (TPSA) is 34.2 Å². The Labute approximate surface area is 102 Å². The molecule has 1 heterocycles. The second-order valence-electron chi connectivity index (χ2n) is 4.19. The number of benzene rings is 1. The smallest absolute Gasteiger partial charge is 0.0781 e. The van der Waals surface area contributed by atoms with E-state index in [9.17, 15) is 0 Å². The largest absolute Gasteiger partial charge is 0.387 e. The van der Waals surface area contributed by atoms with Crippen LogP contribution < -0.4 is 5.32 Å². The van der Waals surface area contributed by atoms with Crippen molar-refractivity contribution < 1.29 is 4.74 Å². The van der Waals surface area contributed by atoms with Crippen molar-refractivity contribution in [2.24, 2.45) is 0 Å². The fourth-order valence-electron chi connectivity index (χ4n) is 2.15. The number of fused-ring (bicyclic) bond motifs is 1. The van der Waals surface area contributed by atoms with Crippen LogP contribution >= 0.6 is 0 Å². The number of nitrogens with zero attached hydrogens (tertiary/aromatic N) is 1. The summed E-state index contributed by atoms with van der Waals surface area (Å²) < 4.78 is 5.22. The molecule has 90 valence electrons. The molecule has 0 bridgehead atoms. The maximum Gasteiger partial charge on any atom is 0.0781 e. The minimum Gasteiger partial charge on any atom is -0.387 e. The summed E-state index contributed by atoms with van der Waals surface area (Å²) in [6.45, 7) is 4.73. The minimum atomic E-state index is 0.593. The highest BCUT2D eigenvalue weighted by atomic mass is 16.5. The number of aromatic nitrogens is 1. The summed E-state index contributed by atoms with van der Waals surface area (Å²) in [4.78, 5) is 4.68. The third kappa shape index (κ3) is 1.98. The molecular weight excluding hydrogens is 212 g/mol. The normalized spacial score (nSPS) is 10.8. The molecule has 0 saturated heterocycles. The molecule has 0 unspecified atom stereocenters. The summed E-state index contributed by atoms with van der Waals surface area (Å²) in [5.74, 6) is 0. The van der Waals surface area contributed by atoms with E-state index in [0.717, 1.165) is 27.8 Å². The molecule has 0 aliphatic rings. The number of nitrogens with one attached hydrogen (secondary N) is 1. The molecule has 0 spiro atoms. The van der Waals surface area contributed by atoms with Gasteiger partial charge < -0.3 is 10.1 Å². The molecule has 0 fully saturated rings. The van der Waals surface area contributed by atoms with Crippen LogP contribution in [0, 0.1) is 13.8 Å². The molecule has 2 rings (SSSR count). The maximum atomic E-state index is 5.22. The molecule has 0 aliphatic heterocycles. The van der Waals surface area contributed by atoms with Crippen molar-refractivity contribution in [2.45, 2.75) is 20.5 Å². The van der Waals surface area contributed by atoms with E-state index < -0.39 is 0 Å². The van der Waals surface area contributed by atoms with Gasteiger partial charge in [-0.15, -0.1) is 0 Å². The third-order valence-corrected chi connectivity index (χ3v) is 3.14. The van der Waals surface area contributed by atoms with Crippen LogP contribution in [0.4, 0.5) is 5.69 Å². The highest BCUT2D eigenvalue weighted by Gasteiger charge is 2.10. The monoisotopic (exact) mass is 230 g/mol. The van der Waals surface area contributed by atoms with E-state index >= 15 is 0 Å². The van der Waals surface area contributed by atoms with Gasteiger partial charge in [0.1, 0.15) is 0 Å². The van der Waals surface area contributed by atoms with Crippen LogP contribution in [-0.2, 0) is 11.3 Å². The van der Waals surface area contributed by atoms with E-state index in [0.29, 0.717) is 6.61 Å². The summed E-state index contributed by atoms with van der Waals surface area (Å²) in [5.41, 5.74) is 5.58. The van der Waals surface area contributed by atoms with Gasteiger partial charge in [-0.2, -0.15) is 0 Å². The lowest BCUT2D eigenvalue weighted by atomic mass is 10.0. The molecule has 0 aliphatic carbocycles. The lowest BCUT2D eigenvalue weighted by molar-refractivity contribution is 0.186. The Morgan fingerprint density at radius 1 is 1.29 bits per heavy atom. The van der Waals surface area contributed by atoms with Gasteiger partial charge in [0.05, 0.1) is 12.1 Å². The van der Waals surface area contributed by atoms with Crippen molar-refractivity contribution in [3.63, 3.8) is 0 Å². The Balaban J connectivity index is 2.79. The van der Waals surface area contributed by atoms with Crippen LogP contribution in [0.25, 0.3) is 10.9 Å². The first-order valence-corrected chi connectivity index (χ1v) is 5.74. The number of pyridine rings is 1. The van der Waals surface area contributed by atoms with Gasteiger partial charge in [0.15, 0.2) is 0 Å². The highest BCUT2D eigenvalue weighted by molar-refractivity contribution is 5.95.